The van der Waals surface area contributed by atoms with Crippen LogP contribution in [0.3, 0.4) is 0 Å². The van der Waals surface area contributed by atoms with Gasteiger partial charge in [0, 0.05) is 5.75 Å². The molecule has 1 heterocycles. The van der Waals surface area contributed by atoms with Crippen LogP contribution in [0.4, 0.5) is 0 Å². The Morgan fingerprint density at radius 3 is 2.41 bits per heavy atom. The van der Waals surface area contributed by atoms with E-state index in [1.807, 2.05) is 0 Å². The second kappa shape index (κ2) is 4.70. The Labute approximate surface area is 106 Å². The lowest BCUT2D eigenvalue weighted by molar-refractivity contribution is -0.138. The van der Waals surface area contributed by atoms with Crippen molar-refractivity contribution >= 4 is 17.7 Å². The number of benzene rings is 1. The molecule has 2 atom stereocenters. The zero-order valence-corrected chi connectivity index (χ0v) is 11.1. The number of carboxylic acid groups (broad SMARTS) is 1. The zero-order chi connectivity index (χ0) is 12.6. The van der Waals surface area contributed by atoms with E-state index in [-0.39, 0.29) is 5.37 Å². The second-order valence-corrected chi connectivity index (χ2v) is 5.72. The SMILES string of the molecule is Cc1cc(C)c(C2N[C@@H](C(=O)O)CS2)c(C)c1. The lowest BCUT2D eigenvalue weighted by Crippen LogP contribution is -2.34. The molecule has 2 N–H and O–H groups in total. The lowest BCUT2D eigenvalue weighted by Gasteiger charge is -2.17. The summed E-state index contributed by atoms with van der Waals surface area (Å²) in [6.45, 7) is 6.26. The highest BCUT2D eigenvalue weighted by molar-refractivity contribution is 7.99. The van der Waals surface area contributed by atoms with Crippen molar-refractivity contribution in [3.63, 3.8) is 0 Å². The van der Waals surface area contributed by atoms with Gasteiger partial charge in [-0.1, -0.05) is 17.7 Å². The summed E-state index contributed by atoms with van der Waals surface area (Å²) in [7, 11) is 0. The van der Waals surface area contributed by atoms with E-state index in [0.29, 0.717) is 5.75 Å². The van der Waals surface area contributed by atoms with Gasteiger partial charge in [-0.3, -0.25) is 10.1 Å². The number of aliphatic carboxylic acids is 1. The fourth-order valence-corrected chi connectivity index (χ4v) is 3.81. The van der Waals surface area contributed by atoms with E-state index in [9.17, 15) is 4.79 Å². The number of aryl methyl sites for hydroxylation is 3. The number of hydrogen-bond donors (Lipinski definition) is 2. The highest BCUT2D eigenvalue weighted by Gasteiger charge is 2.31. The Morgan fingerprint density at radius 1 is 1.35 bits per heavy atom. The van der Waals surface area contributed by atoms with Crippen molar-refractivity contribution in [3.05, 3.63) is 34.4 Å². The number of carboxylic acids is 1. The molecule has 1 aromatic rings. The number of carbonyl (C=O) groups is 1. The Hall–Kier alpha value is -1.00. The number of nitrogens with one attached hydrogen (secondary N) is 1. The van der Waals surface area contributed by atoms with Crippen molar-refractivity contribution in [1.29, 1.82) is 0 Å². The van der Waals surface area contributed by atoms with Gasteiger partial charge >= 0.3 is 5.97 Å². The topological polar surface area (TPSA) is 49.3 Å². The summed E-state index contributed by atoms with van der Waals surface area (Å²) >= 11 is 1.67. The first kappa shape index (κ1) is 12.5. The standard InChI is InChI=1S/C13H17NO2S/c1-7-4-8(2)11(9(3)5-7)12-14-10(6-17-12)13(15)16/h4-5,10,12,14H,6H2,1-3H3,(H,15,16)/t10-,12?/m1/s1. The van der Waals surface area contributed by atoms with Crippen molar-refractivity contribution in [3.8, 4) is 0 Å². The largest absolute Gasteiger partial charge is 0.480 e. The van der Waals surface area contributed by atoms with Crippen molar-refractivity contribution in [1.82, 2.24) is 5.32 Å². The summed E-state index contributed by atoms with van der Waals surface area (Å²) in [4.78, 5) is 10.9. The number of hydrogen-bond acceptors (Lipinski definition) is 3. The Balaban J connectivity index is 2.27. The second-order valence-electron chi connectivity index (χ2n) is 4.58. The molecule has 4 heteroatoms. The van der Waals surface area contributed by atoms with Gasteiger partial charge in [0.05, 0.1) is 5.37 Å². The molecule has 0 bridgehead atoms. The van der Waals surface area contributed by atoms with Crippen molar-refractivity contribution in [2.45, 2.75) is 32.2 Å². The summed E-state index contributed by atoms with van der Waals surface area (Å²) in [5, 5.41) is 12.3. The molecule has 1 aliphatic heterocycles. The molecule has 0 aliphatic carbocycles. The molecule has 0 spiro atoms. The molecular weight excluding hydrogens is 234 g/mol. The molecule has 1 aromatic carbocycles. The van der Waals surface area contributed by atoms with Crippen LogP contribution < -0.4 is 5.32 Å². The molecule has 1 saturated heterocycles. The molecule has 1 fully saturated rings. The third kappa shape index (κ3) is 2.48. The van der Waals surface area contributed by atoms with E-state index in [2.05, 4.69) is 38.2 Å². The van der Waals surface area contributed by atoms with Gasteiger partial charge in [0.2, 0.25) is 0 Å². The van der Waals surface area contributed by atoms with Gasteiger partial charge < -0.3 is 5.11 Å². The van der Waals surface area contributed by atoms with E-state index in [0.717, 1.165) is 0 Å². The molecule has 1 unspecified atom stereocenters. The molecule has 3 nitrogen and oxygen atoms in total. The maximum Gasteiger partial charge on any atom is 0.321 e. The van der Waals surface area contributed by atoms with Crippen LogP contribution in [0, 0.1) is 20.8 Å². The third-order valence-electron chi connectivity index (χ3n) is 3.08. The molecule has 1 aliphatic rings. The Bertz CT molecular complexity index is 436. The molecule has 17 heavy (non-hydrogen) atoms. The smallest absolute Gasteiger partial charge is 0.321 e. The predicted molar refractivity (Wildman–Crippen MR) is 70.4 cm³/mol. The normalized spacial score (nSPS) is 23.9. The van der Waals surface area contributed by atoms with Crippen LogP contribution in [0.1, 0.15) is 27.6 Å². The van der Waals surface area contributed by atoms with Gasteiger partial charge in [-0.15, -0.1) is 11.8 Å². The van der Waals surface area contributed by atoms with E-state index in [1.165, 1.54) is 22.3 Å². The van der Waals surface area contributed by atoms with Gasteiger partial charge in [0.15, 0.2) is 0 Å². The van der Waals surface area contributed by atoms with Gasteiger partial charge in [-0.05, 0) is 37.5 Å². The van der Waals surface area contributed by atoms with Crippen LogP contribution in [0.25, 0.3) is 0 Å². The molecule has 2 rings (SSSR count). The van der Waals surface area contributed by atoms with Crippen LogP contribution >= 0.6 is 11.8 Å². The first-order valence-corrected chi connectivity index (χ1v) is 6.72. The van der Waals surface area contributed by atoms with E-state index in [4.69, 9.17) is 5.11 Å². The minimum atomic E-state index is -0.762. The molecule has 0 radical (unpaired) electrons. The maximum absolute atomic E-state index is 10.9. The fraction of sp³-hybridized carbons (Fsp3) is 0.462. The molecule has 0 aromatic heterocycles. The first-order valence-electron chi connectivity index (χ1n) is 5.67. The van der Waals surface area contributed by atoms with E-state index in [1.54, 1.807) is 11.8 Å². The molecule has 0 amide bonds. The predicted octanol–water partition coefficient (Wildman–Crippen LogP) is 2.40. The van der Waals surface area contributed by atoms with Gasteiger partial charge in [0.25, 0.3) is 0 Å². The minimum Gasteiger partial charge on any atom is -0.480 e. The van der Waals surface area contributed by atoms with Crippen LogP contribution in [0.2, 0.25) is 0 Å². The van der Waals surface area contributed by atoms with Crippen molar-refractivity contribution in [2.75, 3.05) is 5.75 Å². The molecule has 92 valence electrons. The average Bonchev–Trinajstić information content (AvgIpc) is 2.65. The van der Waals surface area contributed by atoms with Gasteiger partial charge in [-0.25, -0.2) is 0 Å². The Morgan fingerprint density at radius 2 is 1.94 bits per heavy atom. The summed E-state index contributed by atoms with van der Waals surface area (Å²) in [5.41, 5.74) is 4.96. The summed E-state index contributed by atoms with van der Waals surface area (Å²) < 4.78 is 0. The fourth-order valence-electron chi connectivity index (χ4n) is 2.39. The number of rotatable bonds is 2. The summed E-state index contributed by atoms with van der Waals surface area (Å²) in [6, 6.07) is 3.88. The van der Waals surface area contributed by atoms with Crippen LogP contribution in [-0.2, 0) is 4.79 Å². The zero-order valence-electron chi connectivity index (χ0n) is 10.3. The third-order valence-corrected chi connectivity index (χ3v) is 4.31. The summed E-state index contributed by atoms with van der Waals surface area (Å²) in [5.74, 6) is -0.130. The van der Waals surface area contributed by atoms with Gasteiger partial charge in [-0.2, -0.15) is 0 Å². The highest BCUT2D eigenvalue weighted by atomic mass is 32.2. The minimum absolute atomic E-state index is 0.108. The monoisotopic (exact) mass is 251 g/mol. The van der Waals surface area contributed by atoms with E-state index < -0.39 is 12.0 Å². The van der Waals surface area contributed by atoms with Crippen molar-refractivity contribution < 1.29 is 9.90 Å². The molecular formula is C13H17NO2S. The van der Waals surface area contributed by atoms with Crippen LogP contribution in [0.15, 0.2) is 12.1 Å². The first-order chi connectivity index (χ1) is 7.99. The highest BCUT2D eigenvalue weighted by Crippen LogP contribution is 2.36. The quantitative estimate of drug-likeness (QED) is 0.847. The van der Waals surface area contributed by atoms with Gasteiger partial charge in [0.1, 0.15) is 6.04 Å². The maximum atomic E-state index is 10.9. The number of thioether (sulfide) groups is 1. The van der Waals surface area contributed by atoms with Crippen LogP contribution in [-0.4, -0.2) is 22.9 Å². The average molecular weight is 251 g/mol. The molecule has 0 saturated carbocycles. The lowest BCUT2D eigenvalue weighted by atomic mass is 9.99. The van der Waals surface area contributed by atoms with Crippen molar-refractivity contribution in [2.24, 2.45) is 0 Å². The Kier molecular flexibility index (Phi) is 3.45. The summed E-state index contributed by atoms with van der Waals surface area (Å²) in [6.07, 6.45) is 0. The van der Waals surface area contributed by atoms with Crippen LogP contribution in [0.5, 0.6) is 0 Å². The van der Waals surface area contributed by atoms with E-state index >= 15 is 0 Å².